The Labute approximate surface area is 100.0 Å². The third kappa shape index (κ3) is 2.47. The van der Waals surface area contributed by atoms with Crippen LogP contribution in [0.4, 0.5) is 4.39 Å². The van der Waals surface area contributed by atoms with Crippen molar-refractivity contribution in [2.24, 2.45) is 0 Å². The van der Waals surface area contributed by atoms with Gasteiger partial charge >= 0.3 is 0 Å². The number of benzene rings is 1. The van der Waals surface area contributed by atoms with Gasteiger partial charge in [-0.1, -0.05) is 18.5 Å². The summed E-state index contributed by atoms with van der Waals surface area (Å²) in [6, 6.07) is 1.42. The van der Waals surface area contributed by atoms with Gasteiger partial charge in [0.15, 0.2) is 0 Å². The number of hydrogen-bond acceptors (Lipinski definition) is 2. The van der Waals surface area contributed by atoms with Crippen molar-refractivity contribution in [2.45, 2.75) is 33.3 Å². The van der Waals surface area contributed by atoms with Crippen LogP contribution in [-0.2, 0) is 6.42 Å². The molecule has 0 aliphatic heterocycles. The van der Waals surface area contributed by atoms with Crippen LogP contribution in [0.5, 0.6) is 5.75 Å². The van der Waals surface area contributed by atoms with Crippen molar-refractivity contribution < 1.29 is 14.2 Å². The van der Waals surface area contributed by atoms with Gasteiger partial charge in [0.1, 0.15) is 11.6 Å². The second-order valence-corrected chi connectivity index (χ2v) is 3.94. The molecule has 1 rings (SSSR count). The summed E-state index contributed by atoms with van der Waals surface area (Å²) in [7, 11) is 0. The molecule has 0 heterocycles. The molecule has 0 aliphatic rings. The van der Waals surface area contributed by atoms with E-state index in [-0.39, 0.29) is 5.02 Å². The van der Waals surface area contributed by atoms with Crippen molar-refractivity contribution in [1.29, 1.82) is 0 Å². The SMILES string of the molecule is CCOc1c(C(C)O)cc(Cl)c(F)c1CC. The average Bonchev–Trinajstić information content (AvgIpc) is 2.23. The first kappa shape index (κ1) is 13.3. The van der Waals surface area contributed by atoms with E-state index >= 15 is 0 Å². The fraction of sp³-hybridized carbons (Fsp3) is 0.500. The highest BCUT2D eigenvalue weighted by Gasteiger charge is 2.19. The maximum Gasteiger partial charge on any atom is 0.148 e. The molecule has 1 aromatic carbocycles. The van der Waals surface area contributed by atoms with E-state index in [2.05, 4.69) is 0 Å². The summed E-state index contributed by atoms with van der Waals surface area (Å²) in [5.74, 6) is -0.0427. The van der Waals surface area contributed by atoms with Crippen LogP contribution < -0.4 is 4.74 Å². The van der Waals surface area contributed by atoms with Crippen LogP contribution >= 0.6 is 11.6 Å². The minimum absolute atomic E-state index is 0.0243. The van der Waals surface area contributed by atoms with E-state index in [9.17, 15) is 9.50 Å². The Morgan fingerprint density at radius 1 is 1.50 bits per heavy atom. The van der Waals surface area contributed by atoms with E-state index < -0.39 is 11.9 Å². The lowest BCUT2D eigenvalue weighted by atomic mass is 10.0. The summed E-state index contributed by atoms with van der Waals surface area (Å²) in [4.78, 5) is 0. The average molecular weight is 247 g/mol. The van der Waals surface area contributed by atoms with Gasteiger partial charge in [-0.2, -0.15) is 0 Å². The molecule has 0 amide bonds. The van der Waals surface area contributed by atoms with Gasteiger partial charge in [-0.05, 0) is 26.3 Å². The molecular weight excluding hydrogens is 231 g/mol. The lowest BCUT2D eigenvalue weighted by molar-refractivity contribution is 0.191. The van der Waals surface area contributed by atoms with Crippen LogP contribution in [-0.4, -0.2) is 11.7 Å². The van der Waals surface area contributed by atoms with E-state index in [0.29, 0.717) is 29.9 Å². The molecule has 0 saturated carbocycles. The van der Waals surface area contributed by atoms with E-state index in [4.69, 9.17) is 16.3 Å². The number of aliphatic hydroxyl groups excluding tert-OH is 1. The molecule has 0 aromatic heterocycles. The van der Waals surface area contributed by atoms with Crippen LogP contribution in [0.15, 0.2) is 6.07 Å². The molecule has 0 aliphatic carbocycles. The lowest BCUT2D eigenvalue weighted by Crippen LogP contribution is -2.05. The lowest BCUT2D eigenvalue weighted by Gasteiger charge is -2.17. The Bertz CT molecular complexity index is 378. The molecule has 0 radical (unpaired) electrons. The van der Waals surface area contributed by atoms with E-state index in [1.165, 1.54) is 6.07 Å². The maximum absolute atomic E-state index is 13.7. The van der Waals surface area contributed by atoms with Gasteiger partial charge in [0.25, 0.3) is 0 Å². The molecule has 0 spiro atoms. The maximum atomic E-state index is 13.7. The third-order valence-corrected chi connectivity index (χ3v) is 2.66. The van der Waals surface area contributed by atoms with Crippen LogP contribution in [0.2, 0.25) is 5.02 Å². The highest BCUT2D eigenvalue weighted by Crippen LogP contribution is 2.35. The molecule has 1 unspecified atom stereocenters. The molecule has 0 fully saturated rings. The van der Waals surface area contributed by atoms with E-state index in [0.717, 1.165) is 0 Å². The number of ether oxygens (including phenoxy) is 1. The molecule has 0 bridgehead atoms. The fourth-order valence-electron chi connectivity index (χ4n) is 1.62. The minimum Gasteiger partial charge on any atom is -0.493 e. The predicted molar refractivity (Wildman–Crippen MR) is 62.6 cm³/mol. The topological polar surface area (TPSA) is 29.5 Å². The Balaban J connectivity index is 3.42. The summed E-state index contributed by atoms with van der Waals surface area (Å²) in [5.41, 5.74) is 0.954. The van der Waals surface area contributed by atoms with Gasteiger partial charge in [0.05, 0.1) is 17.7 Å². The fourth-order valence-corrected chi connectivity index (χ4v) is 1.86. The number of rotatable bonds is 4. The van der Waals surface area contributed by atoms with Crippen molar-refractivity contribution in [3.8, 4) is 5.75 Å². The molecule has 2 nitrogen and oxygen atoms in total. The predicted octanol–water partition coefficient (Wildman–Crippen LogP) is 3.49. The summed E-state index contributed by atoms with van der Waals surface area (Å²) in [6.07, 6.45) is -0.258. The molecular formula is C12H16ClFO2. The van der Waals surface area contributed by atoms with Gasteiger partial charge in [-0.3, -0.25) is 0 Å². The van der Waals surface area contributed by atoms with E-state index in [1.807, 2.05) is 13.8 Å². The Kier molecular flexibility index (Phi) is 4.56. The monoisotopic (exact) mass is 246 g/mol. The second kappa shape index (κ2) is 5.51. The summed E-state index contributed by atoms with van der Waals surface area (Å²) in [6.45, 7) is 5.67. The Hall–Kier alpha value is -0.800. The number of halogens is 2. The van der Waals surface area contributed by atoms with Gasteiger partial charge in [-0.25, -0.2) is 4.39 Å². The number of aliphatic hydroxyl groups is 1. The zero-order valence-corrected chi connectivity index (χ0v) is 10.4. The van der Waals surface area contributed by atoms with Crippen LogP contribution in [0, 0.1) is 5.82 Å². The van der Waals surface area contributed by atoms with Gasteiger partial charge in [0.2, 0.25) is 0 Å². The van der Waals surface area contributed by atoms with Crippen LogP contribution in [0.25, 0.3) is 0 Å². The highest BCUT2D eigenvalue weighted by molar-refractivity contribution is 6.31. The first-order valence-corrected chi connectivity index (χ1v) is 5.72. The molecule has 1 atom stereocenters. The summed E-state index contributed by atoms with van der Waals surface area (Å²) >= 11 is 5.77. The smallest absolute Gasteiger partial charge is 0.148 e. The van der Waals surface area contributed by atoms with Crippen molar-refractivity contribution >= 4 is 11.6 Å². The Morgan fingerprint density at radius 3 is 2.56 bits per heavy atom. The van der Waals surface area contributed by atoms with Gasteiger partial charge < -0.3 is 9.84 Å². The van der Waals surface area contributed by atoms with Crippen molar-refractivity contribution in [1.82, 2.24) is 0 Å². The molecule has 4 heteroatoms. The van der Waals surface area contributed by atoms with Crippen molar-refractivity contribution in [3.63, 3.8) is 0 Å². The van der Waals surface area contributed by atoms with Gasteiger partial charge in [0, 0.05) is 11.1 Å². The molecule has 90 valence electrons. The third-order valence-electron chi connectivity index (χ3n) is 2.39. The minimum atomic E-state index is -0.732. The quantitative estimate of drug-likeness (QED) is 0.881. The first-order chi connectivity index (χ1) is 7.52. The van der Waals surface area contributed by atoms with Crippen molar-refractivity contribution in [3.05, 3.63) is 28.0 Å². The number of hydrogen-bond donors (Lipinski definition) is 1. The highest BCUT2D eigenvalue weighted by atomic mass is 35.5. The summed E-state index contributed by atoms with van der Waals surface area (Å²) < 4.78 is 19.1. The molecule has 16 heavy (non-hydrogen) atoms. The summed E-state index contributed by atoms with van der Waals surface area (Å²) in [5, 5.41) is 9.63. The molecule has 1 N–H and O–H groups in total. The largest absolute Gasteiger partial charge is 0.493 e. The normalized spacial score (nSPS) is 12.6. The zero-order chi connectivity index (χ0) is 12.3. The first-order valence-electron chi connectivity index (χ1n) is 5.34. The second-order valence-electron chi connectivity index (χ2n) is 3.53. The van der Waals surface area contributed by atoms with Crippen LogP contribution in [0.1, 0.15) is 38.0 Å². The van der Waals surface area contributed by atoms with E-state index in [1.54, 1.807) is 6.92 Å². The van der Waals surface area contributed by atoms with Crippen molar-refractivity contribution in [2.75, 3.05) is 6.61 Å². The molecule has 1 aromatic rings. The standard InChI is InChI=1S/C12H16ClFO2/c1-4-8-11(14)10(13)6-9(7(3)15)12(8)16-5-2/h6-7,15H,4-5H2,1-3H3. The molecule has 0 saturated heterocycles. The zero-order valence-electron chi connectivity index (χ0n) is 9.68. The van der Waals surface area contributed by atoms with Crippen LogP contribution in [0.3, 0.4) is 0 Å². The Morgan fingerprint density at radius 2 is 2.12 bits per heavy atom. The van der Waals surface area contributed by atoms with Gasteiger partial charge in [-0.15, -0.1) is 0 Å².